The number of aliphatic hydroxyl groups excluding tert-OH is 1. The first-order valence-corrected chi connectivity index (χ1v) is 11.8. The molecule has 0 spiro atoms. The predicted molar refractivity (Wildman–Crippen MR) is 128 cm³/mol. The van der Waals surface area contributed by atoms with E-state index in [4.69, 9.17) is 9.15 Å². The highest BCUT2D eigenvalue weighted by Crippen LogP contribution is 2.35. The van der Waals surface area contributed by atoms with E-state index in [0.717, 1.165) is 5.56 Å². The van der Waals surface area contributed by atoms with E-state index in [-0.39, 0.29) is 43.3 Å². The minimum atomic E-state index is -1.68. The van der Waals surface area contributed by atoms with Crippen LogP contribution in [0.3, 0.4) is 0 Å². The molecule has 0 radical (unpaired) electrons. The molecular formula is C25H23N5O7. The van der Waals surface area contributed by atoms with Gasteiger partial charge in [-0.1, -0.05) is 6.07 Å². The summed E-state index contributed by atoms with van der Waals surface area (Å²) >= 11 is 0. The summed E-state index contributed by atoms with van der Waals surface area (Å²) in [4.78, 5) is 58.4. The lowest BCUT2D eigenvalue weighted by Crippen LogP contribution is -2.52. The Hall–Kier alpha value is -4.45. The number of urea groups is 1. The smallest absolute Gasteiger partial charge is 0.322 e. The Bertz CT molecular complexity index is 1480. The van der Waals surface area contributed by atoms with Crippen LogP contribution in [0.4, 0.5) is 10.6 Å². The number of pyridine rings is 1. The van der Waals surface area contributed by atoms with Crippen LogP contribution in [0.1, 0.15) is 34.5 Å². The minimum Gasteiger partial charge on any atom is -0.497 e. The Morgan fingerprint density at radius 1 is 1.19 bits per heavy atom. The second kappa shape index (κ2) is 8.30. The van der Waals surface area contributed by atoms with Crippen LogP contribution in [-0.2, 0) is 21.7 Å². The molecule has 2 atom stereocenters. The third-order valence-electron chi connectivity index (χ3n) is 7.13. The third kappa shape index (κ3) is 3.51. The Labute approximate surface area is 210 Å². The van der Waals surface area contributed by atoms with E-state index in [0.29, 0.717) is 41.1 Å². The maximum atomic E-state index is 13.2. The molecule has 2 saturated heterocycles. The van der Waals surface area contributed by atoms with Crippen molar-refractivity contribution in [2.45, 2.75) is 31.0 Å². The van der Waals surface area contributed by atoms with Gasteiger partial charge in [-0.15, -0.1) is 0 Å². The summed E-state index contributed by atoms with van der Waals surface area (Å²) in [5.74, 6) is -0.112. The number of nitrogens with zero attached hydrogens (tertiary/aromatic N) is 3. The largest absolute Gasteiger partial charge is 0.497 e. The normalized spacial score (nSPS) is 23.1. The highest BCUT2D eigenvalue weighted by atomic mass is 16.5. The van der Waals surface area contributed by atoms with Crippen LogP contribution >= 0.6 is 0 Å². The minimum absolute atomic E-state index is 0.100. The molecular weight excluding hydrogens is 482 g/mol. The van der Waals surface area contributed by atoms with Crippen molar-refractivity contribution in [3.63, 3.8) is 0 Å². The first-order chi connectivity index (χ1) is 17.8. The SMILES string of the molecule is COc1ccc2c(c1)C(=O)N(C[C@@]1(c3cc4nc(N5C(=O)CC[C@H]5CO)ccc4o3)NC(=O)NC1=O)C2. The summed E-state index contributed by atoms with van der Waals surface area (Å²) in [5, 5.41) is 14.5. The first-order valence-electron chi connectivity index (χ1n) is 11.8. The van der Waals surface area contributed by atoms with Crippen molar-refractivity contribution in [1.82, 2.24) is 20.5 Å². The highest BCUT2D eigenvalue weighted by Gasteiger charge is 2.53. The zero-order valence-electron chi connectivity index (χ0n) is 19.8. The number of amides is 5. The van der Waals surface area contributed by atoms with Crippen molar-refractivity contribution in [3.05, 3.63) is 53.3 Å². The Balaban J connectivity index is 1.36. The van der Waals surface area contributed by atoms with E-state index in [2.05, 4.69) is 15.6 Å². The summed E-state index contributed by atoms with van der Waals surface area (Å²) in [6, 6.07) is 8.86. The summed E-state index contributed by atoms with van der Waals surface area (Å²) in [6.07, 6.45) is 0.841. The molecule has 2 aromatic heterocycles. The Morgan fingerprint density at radius 2 is 2.03 bits per heavy atom. The quantitative estimate of drug-likeness (QED) is 0.420. The molecule has 0 unspecified atom stereocenters. The molecule has 0 bridgehead atoms. The van der Waals surface area contributed by atoms with Crippen LogP contribution in [0.25, 0.3) is 11.1 Å². The van der Waals surface area contributed by atoms with Gasteiger partial charge >= 0.3 is 6.03 Å². The number of hydrogen-bond acceptors (Lipinski definition) is 8. The van der Waals surface area contributed by atoms with Crippen LogP contribution in [0.5, 0.6) is 5.75 Å². The fraction of sp³-hybridized carbons (Fsp3) is 0.320. The number of carbonyl (C=O) groups excluding carboxylic acids is 4. The van der Waals surface area contributed by atoms with E-state index >= 15 is 0 Å². The number of ether oxygens (including phenoxy) is 1. The van der Waals surface area contributed by atoms with Gasteiger partial charge in [0.05, 0.1) is 26.3 Å². The second-order valence-electron chi connectivity index (χ2n) is 9.30. The Kier molecular flexibility index (Phi) is 5.16. The monoisotopic (exact) mass is 505 g/mol. The van der Waals surface area contributed by atoms with Crippen LogP contribution in [-0.4, -0.2) is 65.0 Å². The number of nitrogens with one attached hydrogen (secondary N) is 2. The number of carbonyl (C=O) groups is 4. The van der Waals surface area contributed by atoms with E-state index in [1.165, 1.54) is 23.0 Å². The number of furan rings is 1. The number of anilines is 1. The van der Waals surface area contributed by atoms with Crippen molar-refractivity contribution >= 4 is 40.7 Å². The average molecular weight is 505 g/mol. The molecule has 1 aromatic carbocycles. The molecule has 0 aliphatic carbocycles. The van der Waals surface area contributed by atoms with Gasteiger partial charge in [0.25, 0.3) is 11.8 Å². The Morgan fingerprint density at radius 3 is 2.76 bits per heavy atom. The molecule has 2 fully saturated rings. The highest BCUT2D eigenvalue weighted by molar-refractivity contribution is 6.08. The van der Waals surface area contributed by atoms with E-state index < -0.39 is 17.5 Å². The van der Waals surface area contributed by atoms with E-state index in [9.17, 15) is 24.3 Å². The van der Waals surface area contributed by atoms with Crippen molar-refractivity contribution in [1.29, 1.82) is 0 Å². The van der Waals surface area contributed by atoms with Gasteiger partial charge in [0.15, 0.2) is 11.1 Å². The lowest BCUT2D eigenvalue weighted by atomic mass is 9.95. The second-order valence-corrected chi connectivity index (χ2v) is 9.30. The molecule has 3 aliphatic rings. The van der Waals surface area contributed by atoms with Gasteiger partial charge < -0.3 is 24.5 Å². The summed E-state index contributed by atoms with van der Waals surface area (Å²) in [6.45, 7) is -0.120. The fourth-order valence-corrected chi connectivity index (χ4v) is 5.22. The maximum Gasteiger partial charge on any atom is 0.322 e. The first kappa shape index (κ1) is 23.0. The van der Waals surface area contributed by atoms with Crippen LogP contribution in [0.15, 0.2) is 40.8 Å². The number of aromatic nitrogens is 1. The van der Waals surface area contributed by atoms with Gasteiger partial charge in [-0.25, -0.2) is 9.78 Å². The average Bonchev–Trinajstić information content (AvgIpc) is 3.63. The van der Waals surface area contributed by atoms with Gasteiger partial charge in [-0.05, 0) is 36.2 Å². The molecule has 3 aromatic rings. The molecule has 12 nitrogen and oxygen atoms in total. The molecule has 6 rings (SSSR count). The number of imide groups is 1. The van der Waals surface area contributed by atoms with Gasteiger partial charge in [-0.3, -0.25) is 24.6 Å². The zero-order valence-corrected chi connectivity index (χ0v) is 19.8. The van der Waals surface area contributed by atoms with Crippen molar-refractivity contribution < 1.29 is 33.4 Å². The van der Waals surface area contributed by atoms with Crippen molar-refractivity contribution in [2.24, 2.45) is 0 Å². The third-order valence-corrected chi connectivity index (χ3v) is 7.13. The van der Waals surface area contributed by atoms with Gasteiger partial charge in [-0.2, -0.15) is 0 Å². The molecule has 3 N–H and O–H groups in total. The topological polar surface area (TPSA) is 154 Å². The number of rotatable bonds is 6. The summed E-state index contributed by atoms with van der Waals surface area (Å²) in [5.41, 5.74) is 0.244. The standard InChI is InChI=1S/C25H23N5O7/c1-36-15-4-2-13-10-29(22(33)16(13)8-15)12-25(23(34)27-24(35)28-25)19-9-17-18(37-19)5-6-20(26-17)30-14(11-31)3-7-21(30)32/h2,4-6,8-9,14,31H,3,7,10-12H2,1H3,(H2,27,28,34,35)/t14-,25-/m0/s1. The predicted octanol–water partition coefficient (Wildman–Crippen LogP) is 1.01. The van der Waals surface area contributed by atoms with Crippen molar-refractivity contribution in [3.8, 4) is 5.75 Å². The molecule has 5 heterocycles. The number of methoxy groups -OCH3 is 1. The van der Waals surface area contributed by atoms with Crippen LogP contribution in [0, 0.1) is 0 Å². The van der Waals surface area contributed by atoms with E-state index in [1.807, 2.05) is 0 Å². The van der Waals surface area contributed by atoms with Crippen molar-refractivity contribution in [2.75, 3.05) is 25.2 Å². The fourth-order valence-electron chi connectivity index (χ4n) is 5.22. The molecule has 0 saturated carbocycles. The number of fused-ring (bicyclic) bond motifs is 2. The molecule has 190 valence electrons. The molecule has 5 amide bonds. The van der Waals surface area contributed by atoms with Gasteiger partial charge in [0, 0.05) is 24.6 Å². The molecule has 37 heavy (non-hydrogen) atoms. The number of benzene rings is 1. The molecule has 3 aliphatic heterocycles. The van der Waals surface area contributed by atoms with Crippen LogP contribution < -0.4 is 20.3 Å². The number of hydrogen-bond donors (Lipinski definition) is 3. The number of aliphatic hydroxyl groups is 1. The lowest BCUT2D eigenvalue weighted by Gasteiger charge is -2.28. The lowest BCUT2D eigenvalue weighted by molar-refractivity contribution is -0.125. The summed E-state index contributed by atoms with van der Waals surface area (Å²) < 4.78 is 11.2. The molecule has 12 heteroatoms. The zero-order chi connectivity index (χ0) is 25.9. The van der Waals surface area contributed by atoms with Gasteiger partial charge in [0.2, 0.25) is 5.91 Å². The summed E-state index contributed by atoms with van der Waals surface area (Å²) in [7, 11) is 1.51. The maximum absolute atomic E-state index is 13.2. The van der Waals surface area contributed by atoms with E-state index in [1.54, 1.807) is 30.3 Å². The van der Waals surface area contributed by atoms with Crippen LogP contribution in [0.2, 0.25) is 0 Å². The van der Waals surface area contributed by atoms with Gasteiger partial charge in [0.1, 0.15) is 22.8 Å².